The van der Waals surface area contributed by atoms with Crippen LogP contribution in [0.2, 0.25) is 0 Å². The first-order valence-corrected chi connectivity index (χ1v) is 15.1. The number of rotatable bonds is 12. The molecule has 3 aromatic rings. The van der Waals surface area contributed by atoms with Crippen molar-refractivity contribution in [2.24, 2.45) is 0 Å². The molecule has 2 fully saturated rings. The minimum absolute atomic E-state index is 0.163. The van der Waals surface area contributed by atoms with E-state index in [1.165, 1.54) is 0 Å². The number of hydrogen-bond acceptors (Lipinski definition) is 7. The second-order valence-corrected chi connectivity index (χ2v) is 11.9. The van der Waals surface area contributed by atoms with Crippen LogP contribution in [0, 0.1) is 11.3 Å². The molecule has 2 aliphatic heterocycles. The second-order valence-electron chi connectivity index (χ2n) is 10.0. The van der Waals surface area contributed by atoms with Crippen LogP contribution in [0.4, 0.5) is 0 Å². The van der Waals surface area contributed by atoms with Crippen molar-refractivity contribution in [1.82, 2.24) is 0 Å². The maximum atomic E-state index is 9.05. The van der Waals surface area contributed by atoms with Crippen LogP contribution in [0.3, 0.4) is 0 Å². The van der Waals surface area contributed by atoms with E-state index in [0.29, 0.717) is 19.2 Å². The van der Waals surface area contributed by atoms with Gasteiger partial charge in [-0.1, -0.05) is 54.6 Å². The molecule has 0 saturated carbocycles. The van der Waals surface area contributed by atoms with E-state index in [2.05, 4.69) is 18.2 Å². The molecule has 0 N–H and O–H groups in total. The van der Waals surface area contributed by atoms with Crippen molar-refractivity contribution in [3.63, 3.8) is 0 Å². The SMILES string of the molecule is [B]C1OC2(COC(c3ccccc3)(c3ccc(OC)cc3)c3ccc(OC)cc3)COC1C2OP(C)CCC#N. The van der Waals surface area contributed by atoms with E-state index in [9.17, 15) is 0 Å². The van der Waals surface area contributed by atoms with E-state index in [-0.39, 0.29) is 6.61 Å². The smallest absolute Gasteiger partial charge is 0.143 e. The zero-order chi connectivity index (χ0) is 28.2. The standard InChI is InChI=1S/C31H33BNO6P/c1-34-25-14-10-23(11-15-25)31(22-8-5-4-6-9-22,24-12-16-26(35-2)17-13-24)37-21-30-20-36-27(29(32)38-30)28(30)39-40(3)19-7-18-33/h4-6,8-17,27-29H,7,19-21H2,1-3H3. The summed E-state index contributed by atoms with van der Waals surface area (Å²) in [7, 11) is 8.78. The van der Waals surface area contributed by atoms with Crippen LogP contribution in [0.5, 0.6) is 11.5 Å². The van der Waals surface area contributed by atoms with Crippen molar-refractivity contribution in [1.29, 1.82) is 5.26 Å². The molecule has 2 radical (unpaired) electrons. The Labute approximate surface area is 238 Å². The van der Waals surface area contributed by atoms with E-state index in [1.54, 1.807) is 14.2 Å². The Morgan fingerprint density at radius 1 is 0.950 bits per heavy atom. The van der Waals surface area contributed by atoms with Crippen molar-refractivity contribution in [3.8, 4) is 17.6 Å². The molecule has 5 rings (SSSR count). The fourth-order valence-corrected chi connectivity index (χ4v) is 6.71. The van der Waals surface area contributed by atoms with Gasteiger partial charge in [-0.05, 0) is 47.6 Å². The number of benzene rings is 3. The molecule has 0 aromatic heterocycles. The minimum atomic E-state index is -1.01. The number of hydrogen-bond donors (Lipinski definition) is 0. The molecule has 5 atom stereocenters. The first kappa shape index (κ1) is 28.6. The van der Waals surface area contributed by atoms with E-state index in [1.807, 2.05) is 73.4 Å². The number of fused-ring (bicyclic) bond motifs is 2. The van der Waals surface area contributed by atoms with Crippen LogP contribution in [0.25, 0.3) is 0 Å². The lowest BCUT2D eigenvalue weighted by molar-refractivity contribution is -0.162. The summed E-state index contributed by atoms with van der Waals surface area (Å²) in [6, 6.07) is 27.5. The number of methoxy groups -OCH3 is 2. The largest absolute Gasteiger partial charge is 0.497 e. The fraction of sp³-hybridized carbons (Fsp3) is 0.387. The molecule has 40 heavy (non-hydrogen) atoms. The lowest BCUT2D eigenvalue weighted by Crippen LogP contribution is -2.49. The Balaban J connectivity index is 1.57. The van der Waals surface area contributed by atoms with Crippen molar-refractivity contribution >= 4 is 16.0 Å². The van der Waals surface area contributed by atoms with Crippen LogP contribution in [0.15, 0.2) is 78.9 Å². The van der Waals surface area contributed by atoms with Gasteiger partial charge in [0.25, 0.3) is 0 Å². The average molecular weight is 557 g/mol. The van der Waals surface area contributed by atoms with Gasteiger partial charge >= 0.3 is 0 Å². The first-order valence-electron chi connectivity index (χ1n) is 13.2. The van der Waals surface area contributed by atoms with Crippen molar-refractivity contribution in [3.05, 3.63) is 95.6 Å². The topological polar surface area (TPSA) is 79.2 Å². The molecule has 2 saturated heterocycles. The molecule has 2 heterocycles. The van der Waals surface area contributed by atoms with E-state index in [4.69, 9.17) is 41.3 Å². The van der Waals surface area contributed by atoms with Gasteiger partial charge in [0.2, 0.25) is 0 Å². The summed E-state index contributed by atoms with van der Waals surface area (Å²) in [6.07, 6.45) is 0.303. The molecule has 2 aliphatic rings. The van der Waals surface area contributed by atoms with Crippen LogP contribution in [-0.2, 0) is 24.3 Å². The van der Waals surface area contributed by atoms with Crippen LogP contribution in [0.1, 0.15) is 23.1 Å². The summed E-state index contributed by atoms with van der Waals surface area (Å²) in [6.45, 7) is 2.48. The molecule has 0 aliphatic carbocycles. The highest BCUT2D eigenvalue weighted by atomic mass is 31.1. The highest BCUT2D eigenvalue weighted by Crippen LogP contribution is 2.50. The maximum absolute atomic E-state index is 9.05. The Hall–Kier alpha value is -2.92. The highest BCUT2D eigenvalue weighted by Gasteiger charge is 2.62. The maximum Gasteiger partial charge on any atom is 0.143 e. The van der Waals surface area contributed by atoms with Crippen molar-refractivity contribution in [2.75, 3.05) is 40.3 Å². The van der Waals surface area contributed by atoms with Crippen molar-refractivity contribution < 1.29 is 28.2 Å². The van der Waals surface area contributed by atoms with Gasteiger partial charge in [0.05, 0.1) is 33.5 Å². The molecule has 5 unspecified atom stereocenters. The zero-order valence-electron chi connectivity index (χ0n) is 23.0. The Morgan fingerprint density at radius 2 is 1.52 bits per heavy atom. The highest BCUT2D eigenvalue weighted by molar-refractivity contribution is 7.51. The van der Waals surface area contributed by atoms with Gasteiger partial charge in [-0.3, -0.25) is 0 Å². The lowest BCUT2D eigenvalue weighted by Gasteiger charge is -2.40. The molecular weight excluding hydrogens is 524 g/mol. The van der Waals surface area contributed by atoms with Crippen LogP contribution >= 0.6 is 8.15 Å². The predicted molar refractivity (Wildman–Crippen MR) is 154 cm³/mol. The monoisotopic (exact) mass is 557 g/mol. The Kier molecular flexibility index (Phi) is 8.80. The molecule has 0 amide bonds. The van der Waals surface area contributed by atoms with Gasteiger partial charge < -0.3 is 28.2 Å². The Morgan fingerprint density at radius 3 is 2.05 bits per heavy atom. The van der Waals surface area contributed by atoms with E-state index < -0.39 is 37.6 Å². The molecule has 0 spiro atoms. The number of nitrogens with zero attached hydrogens (tertiary/aromatic N) is 1. The first-order chi connectivity index (χ1) is 19.5. The van der Waals surface area contributed by atoms with Gasteiger partial charge in [-0.25, -0.2) is 0 Å². The van der Waals surface area contributed by atoms with Gasteiger partial charge in [-0.2, -0.15) is 5.26 Å². The summed E-state index contributed by atoms with van der Waals surface area (Å²) in [4.78, 5) is 0. The summed E-state index contributed by atoms with van der Waals surface area (Å²) >= 11 is 0. The normalized spacial score (nSPS) is 24.4. The van der Waals surface area contributed by atoms with Crippen molar-refractivity contribution in [2.45, 2.75) is 35.8 Å². The molecule has 7 nitrogen and oxygen atoms in total. The summed E-state index contributed by atoms with van der Waals surface area (Å²) in [5, 5.41) is 9.05. The lowest BCUT2D eigenvalue weighted by atomic mass is 9.79. The molecule has 3 aromatic carbocycles. The minimum Gasteiger partial charge on any atom is -0.497 e. The van der Waals surface area contributed by atoms with E-state index in [0.717, 1.165) is 28.2 Å². The van der Waals surface area contributed by atoms with Gasteiger partial charge in [-0.15, -0.1) is 0 Å². The van der Waals surface area contributed by atoms with E-state index >= 15 is 0 Å². The fourth-order valence-electron chi connectivity index (χ4n) is 5.49. The third-order valence-corrected chi connectivity index (χ3v) is 9.01. The summed E-state index contributed by atoms with van der Waals surface area (Å²) in [5.74, 6) is 1.50. The quantitative estimate of drug-likeness (QED) is 0.176. The third kappa shape index (κ3) is 5.37. The van der Waals surface area contributed by atoms with Gasteiger partial charge in [0.15, 0.2) is 0 Å². The third-order valence-electron chi connectivity index (χ3n) is 7.57. The second kappa shape index (κ2) is 12.3. The van der Waals surface area contributed by atoms with Gasteiger partial charge in [0.1, 0.15) is 42.8 Å². The zero-order valence-corrected chi connectivity index (χ0v) is 23.9. The molecule has 206 valence electrons. The number of nitriles is 1. The molecule has 9 heteroatoms. The van der Waals surface area contributed by atoms with Crippen LogP contribution < -0.4 is 9.47 Å². The van der Waals surface area contributed by atoms with Crippen LogP contribution in [-0.4, -0.2) is 71.9 Å². The Bertz CT molecular complexity index is 1250. The predicted octanol–water partition coefficient (Wildman–Crippen LogP) is 5.00. The summed E-state index contributed by atoms with van der Waals surface area (Å²) < 4.78 is 36.9. The van der Waals surface area contributed by atoms with Gasteiger partial charge in [0, 0.05) is 26.7 Å². The number of ether oxygens (including phenoxy) is 5. The molecular formula is C31H33BNO6P. The molecule has 2 bridgehead atoms. The summed E-state index contributed by atoms with van der Waals surface area (Å²) in [5.41, 5.74) is 0.881. The average Bonchev–Trinajstić information content (AvgIpc) is 3.47.